The quantitative estimate of drug-likeness (QED) is 0.661. The monoisotopic (exact) mass is 206 g/mol. The molecule has 1 aromatic rings. The smallest absolute Gasteiger partial charge is 0.307 e. The molecule has 0 heterocycles. The van der Waals surface area contributed by atoms with Gasteiger partial charge in [-0.3, -0.25) is 4.79 Å². The molecule has 5 nitrogen and oxygen atoms in total. The molecule has 4 N–H and O–H groups in total. The number of hydrogen-bond acceptors (Lipinski definition) is 4. The Labute approximate surface area is 86.4 Å². The van der Waals surface area contributed by atoms with Crippen molar-refractivity contribution in [2.45, 2.75) is 13.0 Å². The van der Waals surface area contributed by atoms with Crippen molar-refractivity contribution in [1.82, 2.24) is 0 Å². The summed E-state index contributed by atoms with van der Waals surface area (Å²) in [6.45, 7) is 0.129. The third-order valence-corrected chi connectivity index (χ3v) is 2.02. The van der Waals surface area contributed by atoms with Gasteiger partial charge in [0.25, 0.3) is 0 Å². The minimum absolute atomic E-state index is 0.0521. The molecule has 5 heteroatoms. The van der Waals surface area contributed by atoms with Crippen molar-refractivity contribution in [3.63, 3.8) is 0 Å². The van der Waals surface area contributed by atoms with E-state index in [2.05, 4.69) is 0 Å². The summed E-state index contributed by atoms with van der Waals surface area (Å²) in [5, 5.41) is 26.9. The van der Waals surface area contributed by atoms with Crippen LogP contribution in [0.1, 0.15) is 16.7 Å². The number of benzene rings is 1. The van der Waals surface area contributed by atoms with E-state index in [0.29, 0.717) is 5.56 Å². The van der Waals surface area contributed by atoms with E-state index in [1.165, 1.54) is 6.07 Å². The Morgan fingerprint density at radius 3 is 2.53 bits per heavy atom. The number of carboxylic acids is 1. The summed E-state index contributed by atoms with van der Waals surface area (Å²) in [7, 11) is 0. The van der Waals surface area contributed by atoms with Crippen LogP contribution in [-0.4, -0.2) is 16.2 Å². The maximum absolute atomic E-state index is 10.5. The average molecular weight is 206 g/mol. The highest BCUT2D eigenvalue weighted by atomic mass is 16.4. The summed E-state index contributed by atoms with van der Waals surface area (Å²) in [6.07, 6.45) is -0.314. The first-order chi connectivity index (χ1) is 7.10. The minimum atomic E-state index is -1.06. The van der Waals surface area contributed by atoms with E-state index < -0.39 is 5.97 Å². The van der Waals surface area contributed by atoms with Gasteiger partial charge in [0, 0.05) is 12.1 Å². The third kappa shape index (κ3) is 2.24. The molecular formula is C10H10N2O3. The van der Waals surface area contributed by atoms with E-state index in [4.69, 9.17) is 16.1 Å². The van der Waals surface area contributed by atoms with Gasteiger partial charge < -0.3 is 15.9 Å². The molecule has 0 bridgehead atoms. The van der Waals surface area contributed by atoms with Gasteiger partial charge >= 0.3 is 5.97 Å². The number of aromatic hydroxyl groups is 1. The number of phenols is 1. The van der Waals surface area contributed by atoms with Gasteiger partial charge in [0.15, 0.2) is 0 Å². The predicted molar refractivity (Wildman–Crippen MR) is 52.1 cm³/mol. The molecule has 0 saturated heterocycles. The lowest BCUT2D eigenvalue weighted by Gasteiger charge is -2.07. The van der Waals surface area contributed by atoms with Crippen LogP contribution in [0.3, 0.4) is 0 Å². The molecule has 0 aliphatic rings. The number of aliphatic carboxylic acids is 1. The van der Waals surface area contributed by atoms with Crippen LogP contribution in [-0.2, 0) is 17.8 Å². The molecule has 0 spiro atoms. The minimum Gasteiger partial charge on any atom is -0.506 e. The van der Waals surface area contributed by atoms with Crippen molar-refractivity contribution in [2.75, 3.05) is 0 Å². The molecule has 0 atom stereocenters. The van der Waals surface area contributed by atoms with Gasteiger partial charge in [0.1, 0.15) is 11.8 Å². The Morgan fingerprint density at radius 1 is 1.47 bits per heavy atom. The van der Waals surface area contributed by atoms with Crippen LogP contribution < -0.4 is 5.73 Å². The van der Waals surface area contributed by atoms with E-state index in [9.17, 15) is 9.90 Å². The zero-order chi connectivity index (χ0) is 11.4. The Kier molecular flexibility index (Phi) is 3.26. The van der Waals surface area contributed by atoms with Crippen molar-refractivity contribution in [3.05, 3.63) is 28.8 Å². The maximum atomic E-state index is 10.5. The van der Waals surface area contributed by atoms with Crippen molar-refractivity contribution in [2.24, 2.45) is 5.73 Å². The van der Waals surface area contributed by atoms with Crippen LogP contribution >= 0.6 is 0 Å². The second-order valence-electron chi connectivity index (χ2n) is 2.99. The third-order valence-electron chi connectivity index (χ3n) is 2.02. The van der Waals surface area contributed by atoms with Crippen LogP contribution in [0, 0.1) is 11.3 Å². The van der Waals surface area contributed by atoms with Gasteiger partial charge in [0.05, 0.1) is 12.0 Å². The molecule has 0 saturated carbocycles. The SMILES string of the molecule is N#Cc1c(CN)ccc(CC(=O)O)c1O. The summed E-state index contributed by atoms with van der Waals surface area (Å²) in [6, 6.07) is 4.82. The molecule has 0 amide bonds. The number of rotatable bonds is 3. The molecule has 0 fully saturated rings. The van der Waals surface area contributed by atoms with E-state index in [-0.39, 0.29) is 29.8 Å². The molecule has 1 rings (SSSR count). The van der Waals surface area contributed by atoms with Crippen molar-refractivity contribution >= 4 is 5.97 Å². The summed E-state index contributed by atoms with van der Waals surface area (Å²) < 4.78 is 0. The number of carboxylic acid groups (broad SMARTS) is 1. The fourth-order valence-electron chi connectivity index (χ4n) is 1.28. The van der Waals surface area contributed by atoms with Gasteiger partial charge in [-0.2, -0.15) is 5.26 Å². The number of nitrogens with two attached hydrogens (primary N) is 1. The maximum Gasteiger partial charge on any atom is 0.307 e. The molecule has 1 aromatic carbocycles. The zero-order valence-electron chi connectivity index (χ0n) is 7.90. The number of phenolic OH excluding ortho intramolecular Hbond substituents is 1. The Balaban J connectivity index is 3.24. The van der Waals surface area contributed by atoms with E-state index in [1.54, 1.807) is 12.1 Å². The summed E-state index contributed by atoms with van der Waals surface area (Å²) in [4.78, 5) is 10.5. The number of carbonyl (C=O) groups is 1. The van der Waals surface area contributed by atoms with Gasteiger partial charge in [-0.15, -0.1) is 0 Å². The van der Waals surface area contributed by atoms with Crippen molar-refractivity contribution < 1.29 is 15.0 Å². The van der Waals surface area contributed by atoms with Gasteiger partial charge in [0.2, 0.25) is 0 Å². The van der Waals surface area contributed by atoms with E-state index in [1.807, 2.05) is 0 Å². The summed E-state index contributed by atoms with van der Waals surface area (Å²) >= 11 is 0. The highest BCUT2D eigenvalue weighted by Crippen LogP contribution is 2.25. The highest BCUT2D eigenvalue weighted by Gasteiger charge is 2.13. The molecular weight excluding hydrogens is 196 g/mol. The summed E-state index contributed by atoms with van der Waals surface area (Å²) in [5.41, 5.74) is 6.14. The number of nitriles is 1. The summed E-state index contributed by atoms with van der Waals surface area (Å²) in [5.74, 6) is -1.35. The first-order valence-electron chi connectivity index (χ1n) is 4.25. The molecule has 0 radical (unpaired) electrons. The van der Waals surface area contributed by atoms with Crippen LogP contribution in [0.4, 0.5) is 0 Å². The number of hydrogen-bond donors (Lipinski definition) is 3. The lowest BCUT2D eigenvalue weighted by Crippen LogP contribution is -2.04. The first-order valence-corrected chi connectivity index (χ1v) is 4.25. The van der Waals surface area contributed by atoms with Gasteiger partial charge in [-0.1, -0.05) is 12.1 Å². The normalized spacial score (nSPS) is 9.60. The van der Waals surface area contributed by atoms with Gasteiger partial charge in [-0.25, -0.2) is 0 Å². The fourth-order valence-corrected chi connectivity index (χ4v) is 1.28. The second kappa shape index (κ2) is 4.44. The Hall–Kier alpha value is -2.06. The van der Waals surface area contributed by atoms with Crippen LogP contribution in [0.15, 0.2) is 12.1 Å². The Bertz CT molecular complexity index is 435. The molecule has 0 aromatic heterocycles. The molecule has 0 aliphatic heterocycles. The molecule has 0 aliphatic carbocycles. The lowest BCUT2D eigenvalue weighted by molar-refractivity contribution is -0.136. The zero-order valence-corrected chi connectivity index (χ0v) is 7.90. The largest absolute Gasteiger partial charge is 0.506 e. The van der Waals surface area contributed by atoms with E-state index in [0.717, 1.165) is 0 Å². The average Bonchev–Trinajstić information content (AvgIpc) is 2.20. The first kappa shape index (κ1) is 11.0. The fraction of sp³-hybridized carbons (Fsp3) is 0.200. The molecule has 78 valence electrons. The highest BCUT2D eigenvalue weighted by molar-refractivity contribution is 5.72. The standard InChI is InChI=1S/C10H10N2O3/c11-4-7-2-1-6(3-9(13)14)10(15)8(7)5-12/h1-2,15H,3-4,11H2,(H,13,14). The topological polar surface area (TPSA) is 107 Å². The number of nitrogens with zero attached hydrogens (tertiary/aromatic N) is 1. The van der Waals surface area contributed by atoms with Crippen molar-refractivity contribution in [3.8, 4) is 11.8 Å². The van der Waals surface area contributed by atoms with Crippen LogP contribution in [0.25, 0.3) is 0 Å². The second-order valence-corrected chi connectivity index (χ2v) is 2.99. The van der Waals surface area contributed by atoms with Crippen LogP contribution in [0.5, 0.6) is 5.75 Å². The lowest BCUT2D eigenvalue weighted by atomic mass is 10.0. The molecule has 15 heavy (non-hydrogen) atoms. The van der Waals surface area contributed by atoms with Crippen LogP contribution in [0.2, 0.25) is 0 Å². The van der Waals surface area contributed by atoms with Crippen molar-refractivity contribution in [1.29, 1.82) is 5.26 Å². The van der Waals surface area contributed by atoms with Gasteiger partial charge in [-0.05, 0) is 5.56 Å². The molecule has 0 unspecified atom stereocenters. The van der Waals surface area contributed by atoms with E-state index >= 15 is 0 Å². The Morgan fingerprint density at radius 2 is 2.07 bits per heavy atom. The predicted octanol–water partition coefficient (Wildman–Crippen LogP) is 0.350.